The fraction of sp³-hybridized carbons (Fsp3) is 0.278. The summed E-state index contributed by atoms with van der Waals surface area (Å²) in [6.07, 6.45) is 2.81. The third-order valence-corrected chi connectivity index (χ3v) is 4.20. The van der Waals surface area contributed by atoms with Crippen LogP contribution in [0.25, 0.3) is 16.7 Å². The van der Waals surface area contributed by atoms with Gasteiger partial charge < -0.3 is 5.73 Å². The third-order valence-electron chi connectivity index (χ3n) is 4.20. The van der Waals surface area contributed by atoms with Crippen molar-refractivity contribution in [3.8, 4) is 5.69 Å². The molecule has 0 aliphatic carbocycles. The fourth-order valence-electron chi connectivity index (χ4n) is 2.70. The molecule has 2 N–H and O–H groups in total. The molecule has 3 aromatic rings. The van der Waals surface area contributed by atoms with Gasteiger partial charge in [0.15, 0.2) is 0 Å². The first-order valence-corrected chi connectivity index (χ1v) is 7.41. The standard InChI is InChI=1S/C18H21N3/c1-4-15(19)14-7-5-6-8-17(14)21-11-20-16-9-12(2)13(3)10-18(16)21/h5-11,15H,4,19H2,1-3H3/t15-/m1/s1. The lowest BCUT2D eigenvalue weighted by molar-refractivity contribution is 0.693. The lowest BCUT2D eigenvalue weighted by atomic mass is 10.0. The van der Waals surface area contributed by atoms with Crippen LogP contribution < -0.4 is 5.73 Å². The molecule has 0 bridgehead atoms. The van der Waals surface area contributed by atoms with Crippen LogP contribution in [0.2, 0.25) is 0 Å². The van der Waals surface area contributed by atoms with E-state index in [4.69, 9.17) is 5.73 Å². The number of hydrogen-bond donors (Lipinski definition) is 1. The van der Waals surface area contributed by atoms with Crippen LogP contribution in [-0.4, -0.2) is 9.55 Å². The van der Waals surface area contributed by atoms with Gasteiger partial charge in [-0.1, -0.05) is 25.1 Å². The van der Waals surface area contributed by atoms with E-state index < -0.39 is 0 Å². The van der Waals surface area contributed by atoms with Crippen LogP contribution in [0.4, 0.5) is 0 Å². The van der Waals surface area contributed by atoms with E-state index in [2.05, 4.69) is 54.6 Å². The average Bonchev–Trinajstić information content (AvgIpc) is 2.89. The molecule has 0 spiro atoms. The predicted octanol–water partition coefficient (Wildman–Crippen LogP) is 4.05. The molecular formula is C18H21N3. The van der Waals surface area contributed by atoms with Gasteiger partial charge in [0.2, 0.25) is 0 Å². The zero-order valence-electron chi connectivity index (χ0n) is 12.8. The molecule has 0 saturated carbocycles. The summed E-state index contributed by atoms with van der Waals surface area (Å²) < 4.78 is 2.15. The maximum absolute atomic E-state index is 6.27. The van der Waals surface area contributed by atoms with Crippen LogP contribution in [0, 0.1) is 13.8 Å². The van der Waals surface area contributed by atoms with Crippen molar-refractivity contribution in [1.29, 1.82) is 0 Å². The Hall–Kier alpha value is -2.13. The van der Waals surface area contributed by atoms with Crippen molar-refractivity contribution in [2.45, 2.75) is 33.2 Å². The zero-order valence-corrected chi connectivity index (χ0v) is 12.8. The van der Waals surface area contributed by atoms with Gasteiger partial charge in [0.05, 0.1) is 16.7 Å². The Labute approximate surface area is 125 Å². The van der Waals surface area contributed by atoms with Crippen molar-refractivity contribution < 1.29 is 0 Å². The first-order chi connectivity index (χ1) is 10.1. The number of imidazole rings is 1. The van der Waals surface area contributed by atoms with Crippen LogP contribution in [0.3, 0.4) is 0 Å². The molecule has 1 atom stereocenters. The minimum absolute atomic E-state index is 0.0465. The molecule has 3 nitrogen and oxygen atoms in total. The molecule has 21 heavy (non-hydrogen) atoms. The summed E-state index contributed by atoms with van der Waals surface area (Å²) in [6.45, 7) is 6.37. The van der Waals surface area contributed by atoms with Gasteiger partial charge in [-0.3, -0.25) is 4.57 Å². The Balaban J connectivity index is 2.24. The molecule has 0 amide bonds. The molecule has 0 aliphatic heterocycles. The number of benzene rings is 2. The van der Waals surface area contributed by atoms with Crippen molar-refractivity contribution in [1.82, 2.24) is 9.55 Å². The molecule has 0 fully saturated rings. The van der Waals surface area contributed by atoms with Crippen molar-refractivity contribution in [3.05, 3.63) is 59.4 Å². The van der Waals surface area contributed by atoms with Crippen molar-refractivity contribution >= 4 is 11.0 Å². The summed E-state index contributed by atoms with van der Waals surface area (Å²) in [5.74, 6) is 0. The van der Waals surface area contributed by atoms with E-state index in [1.165, 1.54) is 11.1 Å². The Kier molecular flexibility index (Phi) is 3.52. The van der Waals surface area contributed by atoms with Crippen LogP contribution in [0.1, 0.15) is 36.1 Å². The first-order valence-electron chi connectivity index (χ1n) is 7.41. The summed E-state index contributed by atoms with van der Waals surface area (Å²) in [5, 5.41) is 0. The van der Waals surface area contributed by atoms with Crippen LogP contribution >= 0.6 is 0 Å². The minimum atomic E-state index is 0.0465. The summed E-state index contributed by atoms with van der Waals surface area (Å²) >= 11 is 0. The largest absolute Gasteiger partial charge is 0.324 e. The highest BCUT2D eigenvalue weighted by Crippen LogP contribution is 2.27. The number of aryl methyl sites for hydroxylation is 2. The molecule has 3 heteroatoms. The van der Waals surface area contributed by atoms with Gasteiger partial charge in [-0.2, -0.15) is 0 Å². The number of nitrogens with two attached hydrogens (primary N) is 1. The molecule has 0 aliphatic rings. The highest BCUT2D eigenvalue weighted by molar-refractivity contribution is 5.79. The van der Waals surface area contributed by atoms with Crippen LogP contribution in [0.15, 0.2) is 42.7 Å². The second-order valence-electron chi connectivity index (χ2n) is 5.61. The van der Waals surface area contributed by atoms with E-state index in [1.807, 2.05) is 18.5 Å². The van der Waals surface area contributed by atoms with E-state index in [-0.39, 0.29) is 6.04 Å². The van der Waals surface area contributed by atoms with Crippen molar-refractivity contribution in [3.63, 3.8) is 0 Å². The molecule has 1 aromatic heterocycles. The van der Waals surface area contributed by atoms with E-state index in [0.29, 0.717) is 0 Å². The first kappa shape index (κ1) is 13.8. The normalized spacial score (nSPS) is 12.8. The Morgan fingerprint density at radius 1 is 1.14 bits per heavy atom. The second kappa shape index (κ2) is 5.34. The summed E-state index contributed by atoms with van der Waals surface area (Å²) in [7, 11) is 0. The summed E-state index contributed by atoms with van der Waals surface area (Å²) in [4.78, 5) is 4.55. The Bertz CT molecular complexity index is 786. The van der Waals surface area contributed by atoms with E-state index in [0.717, 1.165) is 28.7 Å². The van der Waals surface area contributed by atoms with Gasteiger partial charge in [-0.15, -0.1) is 0 Å². The van der Waals surface area contributed by atoms with Crippen molar-refractivity contribution in [2.24, 2.45) is 5.73 Å². The van der Waals surface area contributed by atoms with Crippen LogP contribution in [0.5, 0.6) is 0 Å². The Morgan fingerprint density at radius 2 is 1.86 bits per heavy atom. The number of hydrogen-bond acceptors (Lipinski definition) is 2. The summed E-state index contributed by atoms with van der Waals surface area (Å²) in [5.41, 5.74) is 13.3. The average molecular weight is 279 g/mol. The van der Waals surface area contributed by atoms with E-state index >= 15 is 0 Å². The van der Waals surface area contributed by atoms with Gasteiger partial charge in [-0.05, 0) is 55.2 Å². The summed E-state index contributed by atoms with van der Waals surface area (Å²) in [6, 6.07) is 12.7. The maximum Gasteiger partial charge on any atom is 0.100 e. The number of nitrogens with zero attached hydrogens (tertiary/aromatic N) is 2. The molecule has 0 saturated heterocycles. The fourth-order valence-corrected chi connectivity index (χ4v) is 2.70. The molecule has 3 rings (SSSR count). The number of rotatable bonds is 3. The SMILES string of the molecule is CC[C@@H](N)c1ccccc1-n1cnc2cc(C)c(C)cc21. The number of aromatic nitrogens is 2. The minimum Gasteiger partial charge on any atom is -0.324 e. The molecule has 2 aromatic carbocycles. The van der Waals surface area contributed by atoms with Gasteiger partial charge >= 0.3 is 0 Å². The lowest BCUT2D eigenvalue weighted by Crippen LogP contribution is -2.12. The number of para-hydroxylation sites is 1. The van der Waals surface area contributed by atoms with Crippen LogP contribution in [-0.2, 0) is 0 Å². The molecule has 1 heterocycles. The smallest absolute Gasteiger partial charge is 0.100 e. The predicted molar refractivity (Wildman–Crippen MR) is 87.8 cm³/mol. The van der Waals surface area contributed by atoms with Gasteiger partial charge in [0.25, 0.3) is 0 Å². The zero-order chi connectivity index (χ0) is 15.0. The van der Waals surface area contributed by atoms with Gasteiger partial charge in [0, 0.05) is 6.04 Å². The Morgan fingerprint density at radius 3 is 2.62 bits per heavy atom. The lowest BCUT2D eigenvalue weighted by Gasteiger charge is -2.16. The maximum atomic E-state index is 6.27. The number of fused-ring (bicyclic) bond motifs is 1. The van der Waals surface area contributed by atoms with Crippen molar-refractivity contribution in [2.75, 3.05) is 0 Å². The highest BCUT2D eigenvalue weighted by atomic mass is 15.1. The van der Waals surface area contributed by atoms with E-state index in [1.54, 1.807) is 0 Å². The quantitative estimate of drug-likeness (QED) is 0.786. The van der Waals surface area contributed by atoms with Gasteiger partial charge in [-0.25, -0.2) is 4.98 Å². The molecular weight excluding hydrogens is 258 g/mol. The monoisotopic (exact) mass is 279 g/mol. The second-order valence-corrected chi connectivity index (χ2v) is 5.61. The molecule has 0 unspecified atom stereocenters. The third kappa shape index (κ3) is 2.34. The van der Waals surface area contributed by atoms with Gasteiger partial charge in [0.1, 0.15) is 6.33 Å². The topological polar surface area (TPSA) is 43.8 Å². The highest BCUT2D eigenvalue weighted by Gasteiger charge is 2.13. The molecule has 108 valence electrons. The van der Waals surface area contributed by atoms with E-state index in [9.17, 15) is 0 Å². The molecule has 0 radical (unpaired) electrons.